The number of methoxy groups -OCH3 is 1. The number of esters is 1. The number of hydrogen-bond donors (Lipinski definition) is 1. The summed E-state index contributed by atoms with van der Waals surface area (Å²) in [5.74, 6) is 1.79. The van der Waals surface area contributed by atoms with Crippen LogP contribution in [0.25, 0.3) is 0 Å². The summed E-state index contributed by atoms with van der Waals surface area (Å²) < 4.78 is 16.9. The first-order valence-corrected chi connectivity index (χ1v) is 13.3. The average Bonchev–Trinajstić information content (AvgIpc) is 2.84. The van der Waals surface area contributed by atoms with Crippen molar-refractivity contribution in [3.05, 3.63) is 82.4 Å². The first-order valence-electron chi connectivity index (χ1n) is 11.9. The monoisotopic (exact) mass is 541 g/mol. The van der Waals surface area contributed by atoms with Gasteiger partial charge in [0, 0.05) is 32.3 Å². The second kappa shape index (κ2) is 12.9. The van der Waals surface area contributed by atoms with Gasteiger partial charge in [-0.15, -0.1) is 0 Å². The number of anilines is 1. The van der Waals surface area contributed by atoms with Crippen molar-refractivity contribution in [3.8, 4) is 17.2 Å². The van der Waals surface area contributed by atoms with Gasteiger partial charge in [-0.25, -0.2) is 0 Å². The number of nitrogens with one attached hydrogen (secondary N) is 1. The predicted octanol–water partition coefficient (Wildman–Crippen LogP) is 7.53. The lowest BCUT2D eigenvalue weighted by molar-refractivity contribution is -0.142. The maximum absolute atomic E-state index is 12.7. The first kappa shape index (κ1) is 28.4. The van der Waals surface area contributed by atoms with Crippen LogP contribution in [0, 0.1) is 0 Å². The lowest BCUT2D eigenvalue weighted by Gasteiger charge is -2.20. The molecule has 0 fully saturated rings. The van der Waals surface area contributed by atoms with Gasteiger partial charge in [0.15, 0.2) is 11.5 Å². The molecule has 0 aromatic heterocycles. The minimum atomic E-state index is -0.304. The topological polar surface area (TPSA) is 73.9 Å². The van der Waals surface area contributed by atoms with Gasteiger partial charge in [-0.05, 0) is 67.1 Å². The number of thioether (sulfide) groups is 1. The fourth-order valence-corrected chi connectivity index (χ4v) is 4.32. The lowest BCUT2D eigenvalue weighted by Crippen LogP contribution is -2.12. The Bertz CT molecular complexity index is 1240. The molecule has 1 amide bonds. The van der Waals surface area contributed by atoms with Crippen molar-refractivity contribution in [2.45, 2.75) is 44.6 Å². The van der Waals surface area contributed by atoms with Gasteiger partial charge >= 0.3 is 5.97 Å². The Labute approximate surface area is 227 Å². The Morgan fingerprint density at radius 2 is 1.65 bits per heavy atom. The summed E-state index contributed by atoms with van der Waals surface area (Å²) in [7, 11) is 1.57. The van der Waals surface area contributed by atoms with E-state index in [1.807, 2.05) is 18.2 Å². The van der Waals surface area contributed by atoms with Gasteiger partial charge in [0.1, 0.15) is 5.75 Å². The van der Waals surface area contributed by atoms with Crippen LogP contribution in [-0.4, -0.2) is 30.3 Å². The van der Waals surface area contributed by atoms with E-state index in [0.29, 0.717) is 45.9 Å². The van der Waals surface area contributed by atoms with Crippen molar-refractivity contribution in [1.82, 2.24) is 0 Å². The third kappa shape index (κ3) is 8.72. The highest BCUT2D eigenvalue weighted by Gasteiger charge is 2.17. The Kier molecular flexibility index (Phi) is 9.89. The number of amides is 1. The predicted molar refractivity (Wildman–Crippen MR) is 150 cm³/mol. The smallest absolute Gasteiger partial charge is 0.310 e. The van der Waals surface area contributed by atoms with E-state index in [9.17, 15) is 9.59 Å². The zero-order valence-electron chi connectivity index (χ0n) is 21.7. The molecule has 0 radical (unpaired) electrons. The average molecular weight is 542 g/mol. The van der Waals surface area contributed by atoms with Gasteiger partial charge in [-0.1, -0.05) is 38.4 Å². The lowest BCUT2D eigenvalue weighted by atomic mass is 10.1. The van der Waals surface area contributed by atoms with Crippen molar-refractivity contribution in [3.63, 3.8) is 0 Å². The van der Waals surface area contributed by atoms with E-state index >= 15 is 0 Å². The summed E-state index contributed by atoms with van der Waals surface area (Å²) in [5, 5.41) is 3.52. The molecule has 0 heterocycles. The molecule has 6 nitrogen and oxygen atoms in total. The van der Waals surface area contributed by atoms with Crippen molar-refractivity contribution < 1.29 is 23.8 Å². The Morgan fingerprint density at radius 3 is 2.30 bits per heavy atom. The fourth-order valence-electron chi connectivity index (χ4n) is 3.38. The van der Waals surface area contributed by atoms with Gasteiger partial charge < -0.3 is 19.5 Å². The minimum absolute atomic E-state index is 0.0249. The normalized spacial score (nSPS) is 11.1. The molecule has 0 aliphatic rings. The molecule has 1 N–H and O–H groups in total. The van der Waals surface area contributed by atoms with E-state index in [-0.39, 0.29) is 23.0 Å². The number of carbonyl (C=O) groups excluding carboxylic acids is 2. The zero-order valence-corrected chi connectivity index (χ0v) is 23.3. The molecule has 0 saturated heterocycles. The van der Waals surface area contributed by atoms with Gasteiger partial charge in [-0.2, -0.15) is 11.8 Å². The summed E-state index contributed by atoms with van der Waals surface area (Å²) >= 11 is 7.71. The minimum Gasteiger partial charge on any atom is -0.493 e. The maximum Gasteiger partial charge on any atom is 0.310 e. The third-order valence-corrected chi connectivity index (χ3v) is 6.76. The Balaban J connectivity index is 1.89. The van der Waals surface area contributed by atoms with Crippen LogP contribution in [0.5, 0.6) is 17.2 Å². The molecule has 196 valence electrons. The van der Waals surface area contributed by atoms with Crippen LogP contribution in [0.2, 0.25) is 5.02 Å². The van der Waals surface area contributed by atoms with E-state index in [1.54, 1.807) is 68.3 Å². The Morgan fingerprint density at radius 1 is 0.946 bits per heavy atom. The molecular weight excluding hydrogens is 510 g/mol. The molecule has 3 rings (SSSR count). The van der Waals surface area contributed by atoms with Crippen LogP contribution in [0.1, 0.15) is 49.2 Å². The summed E-state index contributed by atoms with van der Waals surface area (Å²) in [6.45, 7) is 8.54. The molecule has 0 aliphatic heterocycles. The maximum atomic E-state index is 12.7. The largest absolute Gasteiger partial charge is 0.493 e. The highest BCUT2D eigenvalue weighted by atomic mass is 35.5. The number of benzene rings is 3. The molecule has 0 aliphatic carbocycles. The van der Waals surface area contributed by atoms with Gasteiger partial charge in [0.25, 0.3) is 5.91 Å². The summed E-state index contributed by atoms with van der Waals surface area (Å²) in [6, 6.07) is 17.6. The second-order valence-electron chi connectivity index (χ2n) is 9.25. The molecule has 3 aromatic carbocycles. The van der Waals surface area contributed by atoms with Crippen molar-refractivity contribution in [2.75, 3.05) is 19.0 Å². The van der Waals surface area contributed by atoms with Crippen LogP contribution in [0.15, 0.2) is 60.7 Å². The SMILES string of the molecule is CCOC(=O)Cc1ccc(OC)c(Oc2ccc(NC(=O)c3ccc(Cl)cc3)cc2CSC(C)(C)C)c1. The van der Waals surface area contributed by atoms with Crippen molar-refractivity contribution in [1.29, 1.82) is 0 Å². The molecule has 0 saturated carbocycles. The second-order valence-corrected chi connectivity index (χ2v) is 11.5. The summed E-state index contributed by atoms with van der Waals surface area (Å²) in [6.07, 6.45) is 0.136. The zero-order chi connectivity index (χ0) is 27.0. The number of ether oxygens (including phenoxy) is 3. The standard InChI is InChI=1S/C29H32ClNO5S/c1-6-35-27(32)16-19-7-13-25(34-5)26(15-19)36-24-14-12-23(17-21(24)18-37-29(2,3)4)31-28(33)20-8-10-22(30)11-9-20/h7-15,17H,6,16,18H2,1-5H3,(H,31,33). The number of halogens is 1. The van der Waals surface area contributed by atoms with Gasteiger partial charge in [0.2, 0.25) is 0 Å². The molecule has 0 spiro atoms. The highest BCUT2D eigenvalue weighted by Crippen LogP contribution is 2.38. The Hall–Kier alpha value is -3.16. The molecular formula is C29H32ClNO5S. The molecule has 37 heavy (non-hydrogen) atoms. The quantitative estimate of drug-likeness (QED) is 0.267. The van der Waals surface area contributed by atoms with E-state index in [0.717, 1.165) is 11.1 Å². The summed E-state index contributed by atoms with van der Waals surface area (Å²) in [5.41, 5.74) is 2.83. The first-order chi connectivity index (χ1) is 17.6. The molecule has 3 aromatic rings. The van der Waals surface area contributed by atoms with Crippen LogP contribution < -0.4 is 14.8 Å². The van der Waals surface area contributed by atoms with Crippen LogP contribution in [0.3, 0.4) is 0 Å². The van der Waals surface area contributed by atoms with E-state index in [4.69, 9.17) is 25.8 Å². The number of carbonyl (C=O) groups is 2. The highest BCUT2D eigenvalue weighted by molar-refractivity contribution is 7.99. The number of rotatable bonds is 10. The molecule has 0 unspecified atom stereocenters. The summed E-state index contributed by atoms with van der Waals surface area (Å²) in [4.78, 5) is 24.7. The number of hydrogen-bond acceptors (Lipinski definition) is 6. The van der Waals surface area contributed by atoms with Crippen LogP contribution >= 0.6 is 23.4 Å². The van der Waals surface area contributed by atoms with E-state index in [2.05, 4.69) is 26.1 Å². The van der Waals surface area contributed by atoms with Crippen LogP contribution in [0.4, 0.5) is 5.69 Å². The molecule has 0 bridgehead atoms. The van der Waals surface area contributed by atoms with E-state index in [1.165, 1.54) is 0 Å². The van der Waals surface area contributed by atoms with Gasteiger partial charge in [-0.3, -0.25) is 9.59 Å². The molecule has 8 heteroatoms. The van der Waals surface area contributed by atoms with Crippen LogP contribution in [-0.2, 0) is 21.7 Å². The van der Waals surface area contributed by atoms with Gasteiger partial charge in [0.05, 0.1) is 20.1 Å². The third-order valence-electron chi connectivity index (χ3n) is 5.19. The molecule has 0 atom stereocenters. The fraction of sp³-hybridized carbons (Fsp3) is 0.310. The van der Waals surface area contributed by atoms with Crippen molar-refractivity contribution >= 4 is 40.9 Å². The van der Waals surface area contributed by atoms with Crippen molar-refractivity contribution in [2.24, 2.45) is 0 Å². The van der Waals surface area contributed by atoms with E-state index < -0.39 is 0 Å².